The van der Waals surface area contributed by atoms with Crippen LogP contribution in [0.25, 0.3) is 0 Å². The van der Waals surface area contributed by atoms with Crippen molar-refractivity contribution in [2.45, 2.75) is 70.3 Å². The highest BCUT2D eigenvalue weighted by Crippen LogP contribution is 2.60. The molecule has 0 aliphatic heterocycles. The molecule has 4 bridgehead atoms. The van der Waals surface area contributed by atoms with Crippen molar-refractivity contribution in [1.29, 1.82) is 0 Å². The van der Waals surface area contributed by atoms with Gasteiger partial charge in [-0.2, -0.15) is 0 Å². The average molecular weight is 538 g/mol. The Morgan fingerprint density at radius 1 is 0.921 bits per heavy atom. The largest absolute Gasteiger partial charge is 0.347 e. The third kappa shape index (κ3) is 5.60. The molecule has 0 aromatic heterocycles. The topological polar surface area (TPSA) is 95.6 Å². The fourth-order valence-corrected chi connectivity index (χ4v) is 8.22. The van der Waals surface area contributed by atoms with Crippen LogP contribution in [0.1, 0.15) is 75.2 Å². The molecule has 2 amide bonds. The van der Waals surface area contributed by atoms with Gasteiger partial charge in [0.15, 0.2) is 0 Å². The van der Waals surface area contributed by atoms with Crippen molar-refractivity contribution in [1.82, 2.24) is 5.32 Å². The van der Waals surface area contributed by atoms with Gasteiger partial charge < -0.3 is 10.6 Å². The van der Waals surface area contributed by atoms with Gasteiger partial charge in [-0.15, -0.1) is 0 Å². The standard InChI is InChI=1S/C30H39N3O4S/c1-29(2,3)32-28(35)25-7-5-6-8-26(25)31-27(34)19-33(38(4,36)37)24-11-9-23(10-12-24)30-16-20-13-21(17-30)15-22(14-20)18-30/h5-12,20-22H,13-19H2,1-4H3,(H,31,34)(H,32,35). The molecule has 2 N–H and O–H groups in total. The fraction of sp³-hybridized carbons (Fsp3) is 0.533. The first-order valence-electron chi connectivity index (χ1n) is 13.6. The van der Waals surface area contributed by atoms with E-state index in [4.69, 9.17) is 0 Å². The molecule has 0 spiro atoms. The van der Waals surface area contributed by atoms with Gasteiger partial charge in [0, 0.05) is 5.54 Å². The van der Waals surface area contributed by atoms with Crippen LogP contribution < -0.4 is 14.9 Å². The zero-order valence-corrected chi connectivity index (χ0v) is 23.6. The summed E-state index contributed by atoms with van der Waals surface area (Å²) in [6.07, 6.45) is 8.92. The maximum absolute atomic E-state index is 13.1. The number of carbonyl (C=O) groups excluding carboxylic acids is 2. The van der Waals surface area contributed by atoms with Crippen LogP contribution in [0.4, 0.5) is 11.4 Å². The molecular weight excluding hydrogens is 498 g/mol. The summed E-state index contributed by atoms with van der Waals surface area (Å²) in [6, 6.07) is 14.5. The summed E-state index contributed by atoms with van der Waals surface area (Å²) in [5.41, 5.74) is 2.21. The molecule has 4 saturated carbocycles. The molecule has 2 aromatic carbocycles. The van der Waals surface area contributed by atoms with Crippen LogP contribution >= 0.6 is 0 Å². The first-order chi connectivity index (χ1) is 17.8. The number of hydrogen-bond acceptors (Lipinski definition) is 4. The van der Waals surface area contributed by atoms with E-state index in [1.807, 2.05) is 32.9 Å². The van der Waals surface area contributed by atoms with E-state index in [0.717, 1.165) is 28.3 Å². The Kier molecular flexibility index (Phi) is 6.83. The minimum Gasteiger partial charge on any atom is -0.347 e. The lowest BCUT2D eigenvalue weighted by Gasteiger charge is -2.57. The number of hydrogen-bond donors (Lipinski definition) is 2. The molecule has 0 saturated heterocycles. The molecule has 6 rings (SSSR count). The zero-order valence-electron chi connectivity index (χ0n) is 22.8. The Labute approximate surface area is 226 Å². The lowest BCUT2D eigenvalue weighted by molar-refractivity contribution is -0.114. The van der Waals surface area contributed by atoms with E-state index in [1.165, 1.54) is 44.1 Å². The second-order valence-electron chi connectivity index (χ2n) is 12.8. The van der Waals surface area contributed by atoms with Gasteiger partial charge in [0.1, 0.15) is 6.54 Å². The SMILES string of the molecule is CC(C)(C)NC(=O)c1ccccc1NC(=O)CN(c1ccc(C23CC4CC(CC(C4)C2)C3)cc1)S(C)(=O)=O. The normalized spacial score (nSPS) is 26.2. The number of nitrogens with one attached hydrogen (secondary N) is 2. The third-order valence-corrected chi connectivity index (χ3v) is 9.57. The molecule has 4 fully saturated rings. The van der Waals surface area contributed by atoms with Crippen molar-refractivity contribution >= 4 is 33.2 Å². The Hall–Kier alpha value is -2.87. The number of benzene rings is 2. The molecule has 4 aliphatic carbocycles. The van der Waals surface area contributed by atoms with Crippen molar-refractivity contribution in [2.24, 2.45) is 17.8 Å². The van der Waals surface area contributed by atoms with E-state index in [9.17, 15) is 18.0 Å². The van der Waals surface area contributed by atoms with Crippen LogP contribution in [-0.4, -0.2) is 38.6 Å². The lowest BCUT2D eigenvalue weighted by atomic mass is 9.48. The highest BCUT2D eigenvalue weighted by Gasteiger charge is 2.51. The molecule has 0 atom stereocenters. The van der Waals surface area contributed by atoms with E-state index < -0.39 is 21.5 Å². The van der Waals surface area contributed by atoms with Crippen LogP contribution in [0.5, 0.6) is 0 Å². The van der Waals surface area contributed by atoms with Gasteiger partial charge in [-0.3, -0.25) is 13.9 Å². The number of sulfonamides is 1. The van der Waals surface area contributed by atoms with Gasteiger partial charge in [-0.25, -0.2) is 8.42 Å². The van der Waals surface area contributed by atoms with Gasteiger partial charge in [0.25, 0.3) is 5.91 Å². The van der Waals surface area contributed by atoms with Crippen molar-refractivity contribution in [3.8, 4) is 0 Å². The van der Waals surface area contributed by atoms with Gasteiger partial charge in [-0.1, -0.05) is 24.3 Å². The van der Waals surface area contributed by atoms with Crippen molar-refractivity contribution in [3.05, 3.63) is 59.7 Å². The minimum atomic E-state index is -3.72. The molecule has 38 heavy (non-hydrogen) atoms. The quantitative estimate of drug-likeness (QED) is 0.514. The van der Waals surface area contributed by atoms with E-state index in [-0.39, 0.29) is 17.9 Å². The van der Waals surface area contributed by atoms with Crippen LogP contribution in [0.2, 0.25) is 0 Å². The predicted octanol–water partition coefficient (Wildman–Crippen LogP) is 5.09. The van der Waals surface area contributed by atoms with Crippen LogP contribution in [0.3, 0.4) is 0 Å². The highest BCUT2D eigenvalue weighted by molar-refractivity contribution is 7.92. The Balaban J connectivity index is 1.33. The summed E-state index contributed by atoms with van der Waals surface area (Å²) < 4.78 is 26.6. The van der Waals surface area contributed by atoms with Crippen LogP contribution in [0.15, 0.2) is 48.5 Å². The molecule has 0 unspecified atom stereocenters. The van der Waals surface area contributed by atoms with Crippen LogP contribution in [0, 0.1) is 17.8 Å². The monoisotopic (exact) mass is 537 g/mol. The second-order valence-corrected chi connectivity index (χ2v) is 14.7. The number of anilines is 2. The number of nitrogens with zero attached hydrogens (tertiary/aromatic N) is 1. The van der Waals surface area contributed by atoms with Gasteiger partial charge in [0.05, 0.1) is 23.2 Å². The Bertz CT molecular complexity index is 1290. The van der Waals surface area contributed by atoms with E-state index in [0.29, 0.717) is 16.9 Å². The molecule has 0 heterocycles. The third-order valence-electron chi connectivity index (χ3n) is 8.43. The zero-order chi connectivity index (χ0) is 27.3. The summed E-state index contributed by atoms with van der Waals surface area (Å²) >= 11 is 0. The number of carbonyl (C=O) groups is 2. The molecule has 8 heteroatoms. The minimum absolute atomic E-state index is 0.220. The maximum atomic E-state index is 13.1. The van der Waals surface area contributed by atoms with Crippen molar-refractivity contribution in [3.63, 3.8) is 0 Å². The van der Waals surface area contributed by atoms with Gasteiger partial charge in [0.2, 0.25) is 15.9 Å². The van der Waals surface area contributed by atoms with E-state index in [1.54, 1.807) is 24.3 Å². The number of para-hydroxylation sites is 1. The Morgan fingerprint density at radius 3 is 2.00 bits per heavy atom. The summed E-state index contributed by atoms with van der Waals surface area (Å²) in [5, 5.41) is 5.64. The number of amides is 2. The van der Waals surface area contributed by atoms with Crippen molar-refractivity contribution in [2.75, 3.05) is 22.4 Å². The molecular formula is C30H39N3O4S. The summed E-state index contributed by atoms with van der Waals surface area (Å²) in [7, 11) is -3.72. The summed E-state index contributed by atoms with van der Waals surface area (Å²) in [6.45, 7) is 5.25. The first kappa shape index (κ1) is 26.7. The van der Waals surface area contributed by atoms with Gasteiger partial charge >= 0.3 is 0 Å². The highest BCUT2D eigenvalue weighted by atomic mass is 32.2. The molecule has 4 aliphatic rings. The summed E-state index contributed by atoms with van der Waals surface area (Å²) in [4.78, 5) is 25.8. The first-order valence-corrected chi connectivity index (χ1v) is 15.5. The smallest absolute Gasteiger partial charge is 0.253 e. The average Bonchev–Trinajstić information content (AvgIpc) is 2.80. The molecule has 204 valence electrons. The van der Waals surface area contributed by atoms with Crippen LogP contribution in [-0.2, 0) is 20.2 Å². The second kappa shape index (κ2) is 9.70. The van der Waals surface area contributed by atoms with Crippen molar-refractivity contribution < 1.29 is 18.0 Å². The van der Waals surface area contributed by atoms with E-state index >= 15 is 0 Å². The maximum Gasteiger partial charge on any atom is 0.253 e. The predicted molar refractivity (Wildman–Crippen MR) is 151 cm³/mol. The molecule has 0 radical (unpaired) electrons. The van der Waals surface area contributed by atoms with E-state index in [2.05, 4.69) is 22.8 Å². The fourth-order valence-electron chi connectivity index (χ4n) is 7.36. The number of rotatable bonds is 7. The van der Waals surface area contributed by atoms with Gasteiger partial charge in [-0.05, 0) is 112 Å². The summed E-state index contributed by atoms with van der Waals surface area (Å²) in [5.74, 6) is 1.65. The molecule has 7 nitrogen and oxygen atoms in total. The molecule has 2 aromatic rings. The lowest BCUT2D eigenvalue weighted by Crippen LogP contribution is -2.48. The Morgan fingerprint density at radius 2 is 1.47 bits per heavy atom.